The van der Waals surface area contributed by atoms with E-state index in [1.807, 2.05) is 0 Å². The number of alkyl halides is 3. The average Bonchev–Trinajstić information content (AvgIpc) is 2.35. The molecule has 1 aromatic rings. The second-order valence-corrected chi connectivity index (χ2v) is 6.00. The normalized spacial score (nSPS) is 13.3. The number of nitrogens with one attached hydrogen (secondary N) is 1. The van der Waals surface area contributed by atoms with E-state index < -0.39 is 35.4 Å². The zero-order valence-electron chi connectivity index (χ0n) is 13.0. The minimum atomic E-state index is -4.43. The molecule has 0 aromatic heterocycles. The van der Waals surface area contributed by atoms with Gasteiger partial charge in [-0.05, 0) is 38.5 Å². The van der Waals surface area contributed by atoms with Crippen LogP contribution in [0.4, 0.5) is 18.0 Å². The lowest BCUT2D eigenvalue weighted by Crippen LogP contribution is -2.47. The summed E-state index contributed by atoms with van der Waals surface area (Å²) < 4.78 is 42.5. The van der Waals surface area contributed by atoms with Crippen molar-refractivity contribution < 1.29 is 27.5 Å². The van der Waals surface area contributed by atoms with Gasteiger partial charge in [-0.3, -0.25) is 4.79 Å². The molecule has 0 heterocycles. The summed E-state index contributed by atoms with van der Waals surface area (Å²) in [4.78, 5) is 23.1. The average molecular weight is 332 g/mol. The molecule has 2 amide bonds. The van der Waals surface area contributed by atoms with Gasteiger partial charge < -0.3 is 15.8 Å². The van der Waals surface area contributed by atoms with Gasteiger partial charge in [-0.2, -0.15) is 13.2 Å². The van der Waals surface area contributed by atoms with Crippen LogP contribution in [0.25, 0.3) is 0 Å². The van der Waals surface area contributed by atoms with Crippen molar-refractivity contribution in [2.75, 3.05) is 0 Å². The molecule has 8 heteroatoms. The summed E-state index contributed by atoms with van der Waals surface area (Å²) in [6.45, 7) is 4.96. The molecular formula is C15H19F3N2O3. The quantitative estimate of drug-likeness (QED) is 0.889. The minimum absolute atomic E-state index is 0.0350. The third-order valence-electron chi connectivity index (χ3n) is 2.76. The zero-order chi connectivity index (χ0) is 17.8. The van der Waals surface area contributed by atoms with Crippen molar-refractivity contribution >= 4 is 12.0 Å². The van der Waals surface area contributed by atoms with Crippen molar-refractivity contribution in [3.05, 3.63) is 35.4 Å². The number of hydrogen-bond donors (Lipinski definition) is 2. The monoisotopic (exact) mass is 332 g/mol. The maximum Gasteiger partial charge on any atom is 0.416 e. The standard InChI is InChI=1S/C15H19F3N2O3/c1-14(2,3)23-13(22)20-11(12(19)21)8-9-4-6-10(7-5-9)15(16,17)18/h4-7,11H,8H2,1-3H3,(H2,19,21)(H,20,22). The van der Waals surface area contributed by atoms with Crippen LogP contribution >= 0.6 is 0 Å². The Balaban J connectivity index is 2.77. The summed E-state index contributed by atoms with van der Waals surface area (Å²) in [5, 5.41) is 2.31. The van der Waals surface area contributed by atoms with Crippen LogP contribution in [0.5, 0.6) is 0 Å². The lowest BCUT2D eigenvalue weighted by atomic mass is 10.0. The molecule has 0 aliphatic carbocycles. The molecule has 0 spiro atoms. The Hall–Kier alpha value is -2.25. The first kappa shape index (κ1) is 18.8. The summed E-state index contributed by atoms with van der Waals surface area (Å²) >= 11 is 0. The maximum atomic E-state index is 12.5. The van der Waals surface area contributed by atoms with E-state index in [1.165, 1.54) is 12.1 Å². The zero-order valence-corrected chi connectivity index (χ0v) is 13.0. The Labute approximate surface area is 132 Å². The van der Waals surface area contributed by atoms with Gasteiger partial charge in [-0.1, -0.05) is 12.1 Å². The number of hydrogen-bond acceptors (Lipinski definition) is 3. The molecule has 5 nitrogen and oxygen atoms in total. The van der Waals surface area contributed by atoms with E-state index in [9.17, 15) is 22.8 Å². The van der Waals surface area contributed by atoms with E-state index in [-0.39, 0.29) is 6.42 Å². The van der Waals surface area contributed by atoms with Crippen molar-refractivity contribution in [2.45, 2.75) is 45.0 Å². The van der Waals surface area contributed by atoms with Crippen molar-refractivity contribution in [2.24, 2.45) is 5.73 Å². The maximum absolute atomic E-state index is 12.5. The predicted octanol–water partition coefficient (Wildman–Crippen LogP) is 2.63. The van der Waals surface area contributed by atoms with Crippen LogP contribution in [-0.2, 0) is 22.1 Å². The smallest absolute Gasteiger partial charge is 0.416 e. The number of rotatable bonds is 4. The molecule has 0 aliphatic rings. The van der Waals surface area contributed by atoms with E-state index in [0.717, 1.165) is 12.1 Å². The van der Waals surface area contributed by atoms with Crippen molar-refractivity contribution in [1.82, 2.24) is 5.32 Å². The summed E-state index contributed by atoms with van der Waals surface area (Å²) in [5.74, 6) is -0.809. The summed E-state index contributed by atoms with van der Waals surface area (Å²) in [6, 6.07) is 3.19. The Morgan fingerprint density at radius 2 is 1.70 bits per heavy atom. The first-order valence-corrected chi connectivity index (χ1v) is 6.83. The van der Waals surface area contributed by atoms with Gasteiger partial charge in [-0.25, -0.2) is 4.79 Å². The highest BCUT2D eigenvalue weighted by Gasteiger charge is 2.30. The molecule has 128 valence electrons. The number of nitrogens with two attached hydrogens (primary N) is 1. The number of benzene rings is 1. The van der Waals surface area contributed by atoms with E-state index in [0.29, 0.717) is 5.56 Å². The van der Waals surface area contributed by atoms with Gasteiger partial charge in [-0.15, -0.1) is 0 Å². The molecule has 0 radical (unpaired) electrons. The molecule has 3 N–H and O–H groups in total. The Morgan fingerprint density at radius 1 is 1.17 bits per heavy atom. The molecule has 0 fully saturated rings. The molecule has 1 aromatic carbocycles. The molecule has 1 atom stereocenters. The number of carbonyl (C=O) groups excluding carboxylic acids is 2. The van der Waals surface area contributed by atoms with Crippen molar-refractivity contribution in [3.63, 3.8) is 0 Å². The number of primary amides is 1. The van der Waals surface area contributed by atoms with Crippen LogP contribution in [0, 0.1) is 0 Å². The third kappa shape index (κ3) is 6.58. The molecule has 1 unspecified atom stereocenters. The number of ether oxygens (including phenoxy) is 1. The minimum Gasteiger partial charge on any atom is -0.444 e. The third-order valence-corrected chi connectivity index (χ3v) is 2.76. The topological polar surface area (TPSA) is 81.4 Å². The Kier molecular flexibility index (Phi) is 5.63. The lowest BCUT2D eigenvalue weighted by Gasteiger charge is -2.22. The van der Waals surface area contributed by atoms with Gasteiger partial charge in [0.15, 0.2) is 0 Å². The number of halogens is 3. The van der Waals surface area contributed by atoms with Gasteiger partial charge in [0, 0.05) is 6.42 Å². The lowest BCUT2D eigenvalue weighted by molar-refractivity contribution is -0.137. The molecule has 1 rings (SSSR count). The van der Waals surface area contributed by atoms with Crippen LogP contribution in [0.2, 0.25) is 0 Å². The number of alkyl carbamates (subject to hydrolysis) is 1. The highest BCUT2D eigenvalue weighted by molar-refractivity contribution is 5.84. The van der Waals surface area contributed by atoms with Crippen LogP contribution in [0.15, 0.2) is 24.3 Å². The van der Waals surface area contributed by atoms with E-state index >= 15 is 0 Å². The molecule has 0 aliphatic heterocycles. The Morgan fingerprint density at radius 3 is 2.09 bits per heavy atom. The van der Waals surface area contributed by atoms with Gasteiger partial charge >= 0.3 is 12.3 Å². The van der Waals surface area contributed by atoms with Gasteiger partial charge in [0.1, 0.15) is 11.6 Å². The predicted molar refractivity (Wildman–Crippen MR) is 77.5 cm³/mol. The van der Waals surface area contributed by atoms with Crippen LogP contribution < -0.4 is 11.1 Å². The van der Waals surface area contributed by atoms with E-state index in [1.54, 1.807) is 20.8 Å². The number of carbonyl (C=O) groups is 2. The van der Waals surface area contributed by atoms with Crippen LogP contribution in [0.1, 0.15) is 31.9 Å². The second-order valence-electron chi connectivity index (χ2n) is 6.00. The van der Waals surface area contributed by atoms with Gasteiger partial charge in [0.05, 0.1) is 5.56 Å². The molecule has 0 bridgehead atoms. The van der Waals surface area contributed by atoms with Gasteiger partial charge in [0.25, 0.3) is 0 Å². The molecule has 23 heavy (non-hydrogen) atoms. The fraction of sp³-hybridized carbons (Fsp3) is 0.467. The van der Waals surface area contributed by atoms with Gasteiger partial charge in [0.2, 0.25) is 5.91 Å². The highest BCUT2D eigenvalue weighted by atomic mass is 19.4. The van der Waals surface area contributed by atoms with Crippen molar-refractivity contribution in [1.29, 1.82) is 0 Å². The Bertz CT molecular complexity index is 563. The van der Waals surface area contributed by atoms with E-state index in [2.05, 4.69) is 5.32 Å². The van der Waals surface area contributed by atoms with Crippen molar-refractivity contribution in [3.8, 4) is 0 Å². The summed E-state index contributed by atoms with van der Waals surface area (Å²) in [7, 11) is 0. The number of amides is 2. The molecule has 0 saturated carbocycles. The fourth-order valence-corrected chi connectivity index (χ4v) is 1.74. The van der Waals surface area contributed by atoms with E-state index in [4.69, 9.17) is 10.5 Å². The SMILES string of the molecule is CC(C)(C)OC(=O)NC(Cc1ccc(C(F)(F)F)cc1)C(N)=O. The van der Waals surface area contributed by atoms with Crippen LogP contribution in [-0.4, -0.2) is 23.6 Å². The largest absolute Gasteiger partial charge is 0.444 e. The highest BCUT2D eigenvalue weighted by Crippen LogP contribution is 2.29. The molecular weight excluding hydrogens is 313 g/mol. The van der Waals surface area contributed by atoms with Crippen LogP contribution in [0.3, 0.4) is 0 Å². The second kappa shape index (κ2) is 6.89. The summed E-state index contributed by atoms with van der Waals surface area (Å²) in [6.07, 6.45) is -5.29. The first-order valence-electron chi connectivity index (χ1n) is 6.83. The first-order chi connectivity index (χ1) is 10.4. The molecule has 0 saturated heterocycles. The summed E-state index contributed by atoms with van der Waals surface area (Å²) in [5.41, 5.74) is 4.09. The fourth-order valence-electron chi connectivity index (χ4n) is 1.74.